The van der Waals surface area contributed by atoms with Crippen LogP contribution in [0.4, 0.5) is 0 Å². The van der Waals surface area contributed by atoms with E-state index in [1.807, 2.05) is 18.2 Å². The van der Waals surface area contributed by atoms with Crippen molar-refractivity contribution in [1.29, 1.82) is 0 Å². The minimum Gasteiger partial charge on any atom is -0.143 e. The van der Waals surface area contributed by atoms with Crippen LogP contribution in [0.25, 0.3) is 6.08 Å². The van der Waals surface area contributed by atoms with Gasteiger partial charge in [-0.05, 0) is 24.1 Å². The molecule has 51 valence electrons. The largest absolute Gasteiger partial charge is 0.143 e. The smallest absolute Gasteiger partial charge is 0.0115 e. The monoisotopic (exact) mass is 149 g/mol. The summed E-state index contributed by atoms with van der Waals surface area (Å²) in [5, 5.41) is 0. The third-order valence-electron chi connectivity index (χ3n) is 1.31. The lowest BCUT2D eigenvalue weighted by atomic mass is 10.1. The summed E-state index contributed by atoms with van der Waals surface area (Å²) in [7, 11) is 0. The van der Waals surface area contributed by atoms with Gasteiger partial charge in [0.2, 0.25) is 0 Å². The lowest BCUT2D eigenvalue weighted by Crippen LogP contribution is -1.76. The summed E-state index contributed by atoms with van der Waals surface area (Å²) in [5.41, 5.74) is 2.03. The maximum atomic E-state index is 4.24. The van der Waals surface area contributed by atoms with E-state index in [1.54, 1.807) is 6.08 Å². The average Bonchev–Trinajstić information content (AvgIpc) is 1.88. The van der Waals surface area contributed by atoms with Crippen molar-refractivity contribution in [2.45, 2.75) is 4.90 Å². The van der Waals surface area contributed by atoms with Gasteiger partial charge < -0.3 is 0 Å². The van der Waals surface area contributed by atoms with Gasteiger partial charge >= 0.3 is 0 Å². The Morgan fingerprint density at radius 1 is 1.40 bits per heavy atom. The van der Waals surface area contributed by atoms with E-state index in [4.69, 9.17) is 0 Å². The second-order valence-electron chi connectivity index (χ2n) is 2.10. The van der Waals surface area contributed by atoms with E-state index < -0.39 is 0 Å². The fourth-order valence-electron chi connectivity index (χ4n) is 0.762. The Labute approximate surface area is 67.0 Å². The van der Waals surface area contributed by atoms with Gasteiger partial charge in [-0.25, -0.2) is 0 Å². The summed E-state index contributed by atoms with van der Waals surface area (Å²) >= 11 is 4.24. The van der Waals surface area contributed by atoms with Crippen molar-refractivity contribution in [2.24, 2.45) is 0 Å². The van der Waals surface area contributed by atoms with Crippen molar-refractivity contribution in [3.05, 3.63) is 42.8 Å². The molecule has 0 unspecified atom stereocenters. The Morgan fingerprint density at radius 3 is 2.60 bits per heavy atom. The molecule has 0 aliphatic heterocycles. The molecule has 0 spiro atoms. The van der Waals surface area contributed by atoms with Crippen LogP contribution in [-0.4, -0.2) is 0 Å². The molecule has 0 amide bonds. The van der Waals surface area contributed by atoms with Crippen molar-refractivity contribution >= 4 is 18.7 Å². The first-order chi connectivity index (χ1) is 4.74. The molecular formula is C9H9S. The fraction of sp³-hybridized carbons (Fsp3) is 0. The molecule has 0 bridgehead atoms. The molecule has 0 aromatic heterocycles. The van der Waals surface area contributed by atoms with Crippen LogP contribution in [0.15, 0.2) is 29.7 Å². The summed E-state index contributed by atoms with van der Waals surface area (Å²) < 4.78 is 0. The van der Waals surface area contributed by atoms with Gasteiger partial charge in [0.15, 0.2) is 0 Å². The predicted molar refractivity (Wildman–Crippen MR) is 48.2 cm³/mol. The molecule has 0 aliphatic rings. The number of rotatable bonds is 1. The van der Waals surface area contributed by atoms with Crippen LogP contribution in [0.1, 0.15) is 11.1 Å². The Morgan fingerprint density at radius 2 is 2.10 bits per heavy atom. The normalized spacial score (nSPS) is 9.40. The lowest BCUT2D eigenvalue weighted by molar-refractivity contribution is 1.40. The van der Waals surface area contributed by atoms with Crippen molar-refractivity contribution in [1.82, 2.24) is 0 Å². The van der Waals surface area contributed by atoms with Crippen LogP contribution in [0.3, 0.4) is 0 Å². The summed E-state index contributed by atoms with van der Waals surface area (Å²) in [6.07, 6.45) is 1.78. The molecular weight excluding hydrogens is 140 g/mol. The molecule has 1 heteroatoms. The minimum absolute atomic E-state index is 0.933. The number of benzene rings is 1. The van der Waals surface area contributed by atoms with Crippen LogP contribution in [0, 0.1) is 6.92 Å². The lowest BCUT2D eigenvalue weighted by Gasteiger charge is -1.98. The molecule has 0 N–H and O–H groups in total. The highest BCUT2D eigenvalue weighted by Gasteiger charge is 1.92. The first kappa shape index (κ1) is 7.42. The predicted octanol–water partition coefficient (Wildman–Crippen LogP) is 2.80. The van der Waals surface area contributed by atoms with Gasteiger partial charge in [0.25, 0.3) is 0 Å². The summed E-state index contributed by atoms with van der Waals surface area (Å²) in [5.74, 6) is 0. The highest BCUT2D eigenvalue weighted by molar-refractivity contribution is 7.80. The highest BCUT2D eigenvalue weighted by atomic mass is 32.1. The summed E-state index contributed by atoms with van der Waals surface area (Å²) in [6, 6.07) is 5.81. The molecule has 1 aromatic carbocycles. The number of hydrogen-bond acceptors (Lipinski definition) is 1. The summed E-state index contributed by atoms with van der Waals surface area (Å²) in [6.45, 7) is 7.43. The van der Waals surface area contributed by atoms with E-state index in [1.165, 1.54) is 0 Å². The van der Waals surface area contributed by atoms with Crippen molar-refractivity contribution in [3.63, 3.8) is 0 Å². The Bertz CT molecular complexity index is 251. The third kappa shape index (κ3) is 1.42. The first-order valence-electron chi connectivity index (χ1n) is 3.01. The molecule has 10 heavy (non-hydrogen) atoms. The van der Waals surface area contributed by atoms with E-state index >= 15 is 0 Å². The number of thiol groups is 1. The summed E-state index contributed by atoms with van der Waals surface area (Å²) in [4.78, 5) is 0.933. The van der Waals surface area contributed by atoms with Crippen LogP contribution in [-0.2, 0) is 0 Å². The van der Waals surface area contributed by atoms with Gasteiger partial charge in [-0.15, -0.1) is 12.6 Å². The van der Waals surface area contributed by atoms with Gasteiger partial charge in [0.05, 0.1) is 0 Å². The van der Waals surface area contributed by atoms with Gasteiger partial charge in [-0.1, -0.05) is 24.8 Å². The van der Waals surface area contributed by atoms with Gasteiger partial charge in [-0.3, -0.25) is 0 Å². The van der Waals surface area contributed by atoms with Crippen LogP contribution < -0.4 is 0 Å². The van der Waals surface area contributed by atoms with Crippen LogP contribution >= 0.6 is 12.6 Å². The zero-order chi connectivity index (χ0) is 7.56. The van der Waals surface area contributed by atoms with E-state index in [9.17, 15) is 0 Å². The molecule has 0 saturated carbocycles. The van der Waals surface area contributed by atoms with Crippen LogP contribution in [0.5, 0.6) is 0 Å². The van der Waals surface area contributed by atoms with Gasteiger partial charge in [-0.2, -0.15) is 0 Å². The number of hydrogen-bond donors (Lipinski definition) is 1. The van der Waals surface area contributed by atoms with Crippen molar-refractivity contribution in [3.8, 4) is 0 Å². The van der Waals surface area contributed by atoms with E-state index in [2.05, 4.69) is 26.1 Å². The Hall–Kier alpha value is -0.690. The second-order valence-corrected chi connectivity index (χ2v) is 2.58. The molecule has 0 atom stereocenters. The van der Waals surface area contributed by atoms with E-state index in [0.29, 0.717) is 0 Å². The molecule has 1 aromatic rings. The van der Waals surface area contributed by atoms with Crippen molar-refractivity contribution < 1.29 is 0 Å². The average molecular weight is 149 g/mol. The maximum Gasteiger partial charge on any atom is 0.0115 e. The zero-order valence-corrected chi connectivity index (χ0v) is 6.57. The standard InChI is InChI=1S/C9H9S/c1-3-8-5-4-7(2)6-9(8)10/h3-6,10H,1-2H2. The molecule has 0 saturated heterocycles. The van der Waals surface area contributed by atoms with Crippen molar-refractivity contribution in [2.75, 3.05) is 0 Å². The fourth-order valence-corrected chi connectivity index (χ4v) is 1.09. The van der Waals surface area contributed by atoms with E-state index in [-0.39, 0.29) is 0 Å². The van der Waals surface area contributed by atoms with Crippen LogP contribution in [0.2, 0.25) is 0 Å². The first-order valence-corrected chi connectivity index (χ1v) is 3.46. The molecule has 0 heterocycles. The topological polar surface area (TPSA) is 0 Å². The van der Waals surface area contributed by atoms with Gasteiger partial charge in [0, 0.05) is 4.90 Å². The maximum absolute atomic E-state index is 4.24. The quantitative estimate of drug-likeness (QED) is 0.583. The third-order valence-corrected chi connectivity index (χ3v) is 1.70. The molecule has 0 fully saturated rings. The minimum atomic E-state index is 0.933. The second kappa shape index (κ2) is 2.93. The molecule has 1 rings (SSSR count). The Balaban J connectivity index is 3.19. The zero-order valence-electron chi connectivity index (χ0n) is 5.67. The Kier molecular flexibility index (Phi) is 2.17. The highest BCUT2D eigenvalue weighted by Crippen LogP contribution is 2.15. The van der Waals surface area contributed by atoms with Gasteiger partial charge in [0.1, 0.15) is 0 Å². The molecule has 1 radical (unpaired) electrons. The van der Waals surface area contributed by atoms with E-state index in [0.717, 1.165) is 16.0 Å². The SMILES string of the molecule is [CH2]c1ccc(C=C)c(S)c1. The molecule has 0 aliphatic carbocycles. The molecule has 0 nitrogen and oxygen atoms in total.